The number of ether oxygens (including phenoxy) is 1. The van der Waals surface area contributed by atoms with Gasteiger partial charge in [0.1, 0.15) is 6.10 Å². The van der Waals surface area contributed by atoms with Gasteiger partial charge in [0.15, 0.2) is 0 Å². The molecule has 3 heteroatoms. The smallest absolute Gasteiger partial charge is 0.334 e. The number of carbonyl (C=O) groups excluding carboxylic acids is 1. The number of carbonyl (C=O) groups is 1. The topological polar surface area (TPSA) is 46.5 Å². The number of esters is 1. The normalized spacial score (nSPS) is 47.6. The molecule has 1 heterocycles. The van der Waals surface area contributed by atoms with Gasteiger partial charge < -0.3 is 9.84 Å². The molecular formula is C15H20O3. The van der Waals surface area contributed by atoms with Crippen molar-refractivity contribution in [3.63, 3.8) is 0 Å². The van der Waals surface area contributed by atoms with E-state index in [-0.39, 0.29) is 35.4 Å². The molecule has 2 saturated carbocycles. The molecule has 0 aromatic carbocycles. The molecule has 98 valence electrons. The SMILES string of the molecule is C=C1C(=O)O[C@@H]2C[C@]3(C)[C@H](O)CCC(=C)[C@H]3C[C@H]12. The molecule has 2 aliphatic carbocycles. The van der Waals surface area contributed by atoms with E-state index in [1.807, 2.05) is 0 Å². The van der Waals surface area contributed by atoms with Gasteiger partial charge in [-0.05, 0) is 31.6 Å². The van der Waals surface area contributed by atoms with Crippen LogP contribution in [0.25, 0.3) is 0 Å². The molecule has 0 unspecified atom stereocenters. The van der Waals surface area contributed by atoms with Crippen molar-refractivity contribution in [3.8, 4) is 0 Å². The van der Waals surface area contributed by atoms with E-state index in [0.717, 1.165) is 25.7 Å². The van der Waals surface area contributed by atoms with Crippen LogP contribution in [0.3, 0.4) is 0 Å². The summed E-state index contributed by atoms with van der Waals surface area (Å²) in [5.74, 6) is 0.152. The summed E-state index contributed by atoms with van der Waals surface area (Å²) in [6.07, 6.45) is 2.83. The zero-order chi connectivity index (χ0) is 13.1. The Labute approximate surface area is 108 Å². The highest BCUT2D eigenvalue weighted by atomic mass is 16.6. The average molecular weight is 248 g/mol. The number of hydrogen-bond donors (Lipinski definition) is 1. The van der Waals surface area contributed by atoms with Crippen LogP contribution in [-0.4, -0.2) is 23.3 Å². The van der Waals surface area contributed by atoms with Gasteiger partial charge in [-0.2, -0.15) is 0 Å². The van der Waals surface area contributed by atoms with Crippen LogP contribution in [0.4, 0.5) is 0 Å². The van der Waals surface area contributed by atoms with Crippen molar-refractivity contribution in [3.05, 3.63) is 24.3 Å². The van der Waals surface area contributed by atoms with Gasteiger partial charge in [-0.3, -0.25) is 0 Å². The van der Waals surface area contributed by atoms with Gasteiger partial charge in [-0.15, -0.1) is 0 Å². The van der Waals surface area contributed by atoms with Crippen molar-refractivity contribution in [2.45, 2.75) is 44.8 Å². The van der Waals surface area contributed by atoms with E-state index in [4.69, 9.17) is 4.74 Å². The Balaban J connectivity index is 1.94. The van der Waals surface area contributed by atoms with Gasteiger partial charge in [0, 0.05) is 16.9 Å². The quantitative estimate of drug-likeness (QED) is 0.406. The van der Waals surface area contributed by atoms with Gasteiger partial charge in [-0.1, -0.05) is 25.7 Å². The second-order valence-electron chi connectivity index (χ2n) is 6.29. The van der Waals surface area contributed by atoms with Crippen molar-refractivity contribution < 1.29 is 14.6 Å². The van der Waals surface area contributed by atoms with E-state index >= 15 is 0 Å². The molecule has 0 amide bonds. The molecule has 0 aromatic heterocycles. The number of aliphatic hydroxyl groups excluding tert-OH is 1. The highest BCUT2D eigenvalue weighted by molar-refractivity contribution is 5.90. The van der Waals surface area contributed by atoms with E-state index < -0.39 is 0 Å². The highest BCUT2D eigenvalue weighted by Gasteiger charge is 2.55. The minimum atomic E-state index is -0.318. The summed E-state index contributed by atoms with van der Waals surface area (Å²) in [5.41, 5.74) is 1.63. The Morgan fingerprint density at radius 2 is 2.17 bits per heavy atom. The summed E-state index contributed by atoms with van der Waals surface area (Å²) in [4.78, 5) is 11.6. The zero-order valence-electron chi connectivity index (χ0n) is 10.8. The summed E-state index contributed by atoms with van der Waals surface area (Å²) < 4.78 is 5.40. The van der Waals surface area contributed by atoms with Crippen LogP contribution in [0.2, 0.25) is 0 Å². The first-order valence-corrected chi connectivity index (χ1v) is 6.69. The van der Waals surface area contributed by atoms with Gasteiger partial charge in [0.2, 0.25) is 0 Å². The Kier molecular flexibility index (Phi) is 2.46. The molecule has 0 spiro atoms. The molecule has 3 rings (SSSR count). The molecule has 0 bridgehead atoms. The van der Waals surface area contributed by atoms with Crippen LogP contribution in [0.1, 0.15) is 32.6 Å². The van der Waals surface area contributed by atoms with E-state index in [0.29, 0.717) is 5.57 Å². The fourth-order valence-electron chi connectivity index (χ4n) is 4.08. The van der Waals surface area contributed by atoms with Gasteiger partial charge in [0.25, 0.3) is 0 Å². The maximum absolute atomic E-state index is 11.6. The summed E-state index contributed by atoms with van der Waals surface area (Å²) >= 11 is 0. The van der Waals surface area contributed by atoms with Crippen LogP contribution in [0, 0.1) is 17.3 Å². The fraction of sp³-hybridized carbons (Fsp3) is 0.667. The van der Waals surface area contributed by atoms with Crippen molar-refractivity contribution in [2.24, 2.45) is 17.3 Å². The lowest BCUT2D eigenvalue weighted by molar-refractivity contribution is -0.145. The van der Waals surface area contributed by atoms with Crippen molar-refractivity contribution >= 4 is 5.97 Å². The third-order valence-corrected chi connectivity index (χ3v) is 5.34. The maximum Gasteiger partial charge on any atom is 0.334 e. The monoisotopic (exact) mass is 248 g/mol. The van der Waals surface area contributed by atoms with Crippen LogP contribution < -0.4 is 0 Å². The van der Waals surface area contributed by atoms with E-state index in [1.165, 1.54) is 5.57 Å². The Bertz CT molecular complexity index is 439. The first-order chi connectivity index (χ1) is 8.43. The summed E-state index contributed by atoms with van der Waals surface area (Å²) in [6.45, 7) is 10.1. The first kappa shape index (κ1) is 12.0. The van der Waals surface area contributed by atoms with E-state index in [2.05, 4.69) is 20.1 Å². The van der Waals surface area contributed by atoms with Crippen LogP contribution >= 0.6 is 0 Å². The fourth-order valence-corrected chi connectivity index (χ4v) is 4.08. The van der Waals surface area contributed by atoms with Crippen LogP contribution in [-0.2, 0) is 9.53 Å². The minimum Gasteiger partial charge on any atom is -0.458 e. The number of rotatable bonds is 0. The molecule has 3 nitrogen and oxygen atoms in total. The Morgan fingerprint density at radius 3 is 2.89 bits per heavy atom. The lowest BCUT2D eigenvalue weighted by Gasteiger charge is -2.51. The third kappa shape index (κ3) is 1.43. The Morgan fingerprint density at radius 1 is 1.44 bits per heavy atom. The number of allylic oxidation sites excluding steroid dienone is 1. The van der Waals surface area contributed by atoms with Crippen molar-refractivity contribution in [1.29, 1.82) is 0 Å². The summed E-state index contributed by atoms with van der Waals surface area (Å²) in [5, 5.41) is 10.3. The average Bonchev–Trinajstić information content (AvgIpc) is 2.58. The van der Waals surface area contributed by atoms with Crippen molar-refractivity contribution in [1.82, 2.24) is 0 Å². The van der Waals surface area contributed by atoms with Gasteiger partial charge in [-0.25, -0.2) is 4.79 Å². The van der Waals surface area contributed by atoms with Gasteiger partial charge >= 0.3 is 5.97 Å². The molecule has 1 aliphatic heterocycles. The molecule has 1 N–H and O–H groups in total. The first-order valence-electron chi connectivity index (χ1n) is 6.69. The zero-order valence-corrected chi connectivity index (χ0v) is 10.8. The van der Waals surface area contributed by atoms with Crippen molar-refractivity contribution in [2.75, 3.05) is 0 Å². The molecule has 0 radical (unpaired) electrons. The number of fused-ring (bicyclic) bond motifs is 2. The van der Waals surface area contributed by atoms with E-state index in [9.17, 15) is 9.90 Å². The molecule has 5 atom stereocenters. The Hall–Kier alpha value is -1.09. The van der Waals surface area contributed by atoms with Crippen LogP contribution in [0.5, 0.6) is 0 Å². The second-order valence-corrected chi connectivity index (χ2v) is 6.29. The summed E-state index contributed by atoms with van der Waals surface area (Å²) in [7, 11) is 0. The molecule has 3 aliphatic rings. The summed E-state index contributed by atoms with van der Waals surface area (Å²) in [6, 6.07) is 0. The van der Waals surface area contributed by atoms with E-state index in [1.54, 1.807) is 0 Å². The standard InChI is InChI=1S/C15H20O3/c1-8-4-5-13(16)15(3)7-12-10(6-11(8)15)9(2)14(17)18-12/h10-13,16H,1-2,4-7H2,3H3/t10-,11-,12-,13-,15+/m1/s1. The molecule has 1 saturated heterocycles. The third-order valence-electron chi connectivity index (χ3n) is 5.34. The molecule has 3 fully saturated rings. The predicted octanol–water partition coefficient (Wildman–Crippen LogP) is 2.21. The molecule has 18 heavy (non-hydrogen) atoms. The number of aliphatic hydroxyl groups is 1. The highest BCUT2D eigenvalue weighted by Crippen LogP contribution is 2.56. The largest absolute Gasteiger partial charge is 0.458 e. The van der Waals surface area contributed by atoms with Crippen LogP contribution in [0.15, 0.2) is 24.3 Å². The number of hydrogen-bond acceptors (Lipinski definition) is 3. The predicted molar refractivity (Wildman–Crippen MR) is 67.7 cm³/mol. The minimum absolute atomic E-state index is 0.0909. The van der Waals surface area contributed by atoms with Gasteiger partial charge in [0.05, 0.1) is 6.10 Å². The maximum atomic E-state index is 11.6. The second kappa shape index (κ2) is 3.70. The lowest BCUT2D eigenvalue weighted by atomic mass is 9.54. The lowest BCUT2D eigenvalue weighted by Crippen LogP contribution is -2.50. The molecule has 0 aromatic rings. The molecular weight excluding hydrogens is 228 g/mol.